The number of carbonyl (C=O) groups excluding carboxylic acids is 1. The molecule has 1 aliphatic rings. The molecule has 12 heteroatoms. The second-order valence-corrected chi connectivity index (χ2v) is 8.84. The number of hydrogen-bond acceptors (Lipinski definition) is 10. The molecule has 0 aliphatic carbocycles. The Bertz CT molecular complexity index is 1440. The lowest BCUT2D eigenvalue weighted by atomic mass is 10.0. The highest BCUT2D eigenvalue weighted by molar-refractivity contribution is 5.93. The number of benzene rings is 2. The van der Waals surface area contributed by atoms with Crippen molar-refractivity contribution in [3.63, 3.8) is 0 Å². The van der Waals surface area contributed by atoms with Crippen molar-refractivity contribution in [3.8, 4) is 11.5 Å². The summed E-state index contributed by atoms with van der Waals surface area (Å²) >= 11 is 0. The van der Waals surface area contributed by atoms with Crippen molar-refractivity contribution in [1.29, 1.82) is 0 Å². The normalized spacial score (nSPS) is 13.1. The molecule has 1 amide bonds. The fourth-order valence-corrected chi connectivity index (χ4v) is 4.11. The summed E-state index contributed by atoms with van der Waals surface area (Å²) in [5.41, 5.74) is 8.46. The van der Waals surface area contributed by atoms with E-state index in [1.807, 2.05) is 24.3 Å². The Kier molecular flexibility index (Phi) is 7.64. The lowest BCUT2D eigenvalue weighted by Gasteiger charge is -2.28. The van der Waals surface area contributed by atoms with Gasteiger partial charge in [0.25, 0.3) is 5.91 Å². The van der Waals surface area contributed by atoms with E-state index in [1.165, 1.54) is 12.3 Å². The molecule has 200 valence electrons. The van der Waals surface area contributed by atoms with Gasteiger partial charge in [0, 0.05) is 24.8 Å². The van der Waals surface area contributed by atoms with Crippen LogP contribution in [0.25, 0.3) is 0 Å². The van der Waals surface area contributed by atoms with E-state index in [0.29, 0.717) is 38.4 Å². The predicted molar refractivity (Wildman–Crippen MR) is 143 cm³/mol. The second kappa shape index (κ2) is 11.6. The van der Waals surface area contributed by atoms with Crippen molar-refractivity contribution < 1.29 is 24.1 Å². The van der Waals surface area contributed by atoms with Gasteiger partial charge in [0.2, 0.25) is 5.95 Å². The van der Waals surface area contributed by atoms with Gasteiger partial charge in [0.15, 0.2) is 11.6 Å². The first kappa shape index (κ1) is 25.7. The maximum atomic E-state index is 14.2. The van der Waals surface area contributed by atoms with Crippen LogP contribution < -0.4 is 21.1 Å². The summed E-state index contributed by atoms with van der Waals surface area (Å²) in [6.45, 7) is 1.98. The van der Waals surface area contributed by atoms with Crippen LogP contribution >= 0.6 is 0 Å². The van der Waals surface area contributed by atoms with E-state index in [4.69, 9.17) is 4.74 Å². The maximum absolute atomic E-state index is 14.2. The molecule has 0 saturated carbocycles. The van der Waals surface area contributed by atoms with Crippen LogP contribution in [0.15, 0.2) is 67.0 Å². The molecule has 5 rings (SSSR count). The van der Waals surface area contributed by atoms with Gasteiger partial charge in [-0.15, -0.1) is 0 Å². The molecular formula is C27H26FN7O4. The minimum Gasteiger partial charge on any atom is -0.508 e. The Labute approximate surface area is 223 Å². The van der Waals surface area contributed by atoms with Crippen LogP contribution in [0.1, 0.15) is 21.6 Å². The van der Waals surface area contributed by atoms with Crippen molar-refractivity contribution in [1.82, 2.24) is 20.4 Å². The van der Waals surface area contributed by atoms with Gasteiger partial charge >= 0.3 is 0 Å². The number of aromatic hydroxyl groups is 2. The third-order valence-corrected chi connectivity index (χ3v) is 5.91. The summed E-state index contributed by atoms with van der Waals surface area (Å²) < 4.78 is 19.5. The summed E-state index contributed by atoms with van der Waals surface area (Å²) in [7, 11) is 0. The number of anilines is 4. The minimum absolute atomic E-state index is 0.00705. The fraction of sp³-hybridized carbons (Fsp3) is 0.185. The van der Waals surface area contributed by atoms with Gasteiger partial charge in [-0.25, -0.2) is 14.4 Å². The number of rotatable bonds is 8. The zero-order chi connectivity index (χ0) is 27.2. The number of morpholine rings is 1. The number of nitrogens with one attached hydrogen (secondary N) is 3. The Balaban J connectivity index is 1.18. The van der Waals surface area contributed by atoms with E-state index in [-0.39, 0.29) is 29.0 Å². The summed E-state index contributed by atoms with van der Waals surface area (Å²) in [5.74, 6) is -0.866. The number of ether oxygens (including phenoxy) is 1. The van der Waals surface area contributed by atoms with Crippen LogP contribution in [0.5, 0.6) is 11.5 Å². The number of aromatic nitrogens is 3. The number of halogens is 1. The zero-order valence-corrected chi connectivity index (χ0v) is 20.8. The van der Waals surface area contributed by atoms with Gasteiger partial charge in [0.1, 0.15) is 17.2 Å². The van der Waals surface area contributed by atoms with Gasteiger partial charge in [-0.3, -0.25) is 15.6 Å². The SMILES string of the molecule is O=C(NNc1ncc(F)c(N2CCOCC2)n1)c1ccc(Nc2cccc(Cc3cc(O)cc(O)c3)c2)cn1. The molecule has 2 aromatic heterocycles. The smallest absolute Gasteiger partial charge is 0.288 e. The van der Waals surface area contributed by atoms with Gasteiger partial charge in [0.05, 0.1) is 31.3 Å². The molecule has 2 aromatic carbocycles. The topological polar surface area (TPSA) is 145 Å². The highest BCUT2D eigenvalue weighted by Gasteiger charge is 2.18. The molecule has 1 aliphatic heterocycles. The molecule has 4 aromatic rings. The maximum Gasteiger partial charge on any atom is 0.288 e. The van der Waals surface area contributed by atoms with Crippen LogP contribution in [-0.2, 0) is 11.2 Å². The van der Waals surface area contributed by atoms with E-state index in [1.54, 1.807) is 29.2 Å². The number of pyridine rings is 1. The van der Waals surface area contributed by atoms with Crippen molar-refractivity contribution in [2.24, 2.45) is 0 Å². The van der Waals surface area contributed by atoms with Gasteiger partial charge in [-0.05, 0) is 53.9 Å². The number of nitrogens with zero attached hydrogens (tertiary/aromatic N) is 4. The zero-order valence-electron chi connectivity index (χ0n) is 20.8. The number of phenolic OH excluding ortho intramolecular Hbond substituents is 2. The summed E-state index contributed by atoms with van der Waals surface area (Å²) in [6, 6.07) is 15.4. The first-order valence-electron chi connectivity index (χ1n) is 12.2. The Morgan fingerprint density at radius 1 is 0.949 bits per heavy atom. The van der Waals surface area contributed by atoms with Crippen LogP contribution in [0.4, 0.5) is 27.5 Å². The first-order valence-corrected chi connectivity index (χ1v) is 12.2. The van der Waals surface area contributed by atoms with E-state index < -0.39 is 11.7 Å². The summed E-state index contributed by atoms with van der Waals surface area (Å²) in [5, 5.41) is 22.7. The molecule has 39 heavy (non-hydrogen) atoms. The average Bonchev–Trinajstić information content (AvgIpc) is 2.93. The third-order valence-electron chi connectivity index (χ3n) is 5.91. The number of carbonyl (C=O) groups is 1. The van der Waals surface area contributed by atoms with Gasteiger partial charge in [-0.1, -0.05) is 12.1 Å². The van der Waals surface area contributed by atoms with Crippen molar-refractivity contribution >= 4 is 29.0 Å². The van der Waals surface area contributed by atoms with Crippen molar-refractivity contribution in [3.05, 3.63) is 89.6 Å². The third kappa shape index (κ3) is 6.67. The predicted octanol–water partition coefficient (Wildman–Crippen LogP) is 3.35. The van der Waals surface area contributed by atoms with E-state index in [9.17, 15) is 19.4 Å². The molecular weight excluding hydrogens is 505 g/mol. The van der Waals surface area contributed by atoms with Crippen molar-refractivity contribution in [2.45, 2.75) is 6.42 Å². The summed E-state index contributed by atoms with van der Waals surface area (Å²) in [4.78, 5) is 26.6. The average molecular weight is 532 g/mol. The largest absolute Gasteiger partial charge is 0.508 e. The Hall–Kier alpha value is -4.97. The molecule has 1 fully saturated rings. The lowest BCUT2D eigenvalue weighted by Crippen LogP contribution is -2.38. The molecule has 0 unspecified atom stereocenters. The molecule has 0 bridgehead atoms. The van der Waals surface area contributed by atoms with E-state index >= 15 is 0 Å². The highest BCUT2D eigenvalue weighted by atomic mass is 19.1. The van der Waals surface area contributed by atoms with Crippen LogP contribution in [0.3, 0.4) is 0 Å². The van der Waals surface area contributed by atoms with Crippen LogP contribution in [0, 0.1) is 5.82 Å². The number of amides is 1. The quantitative estimate of drug-likeness (QED) is 0.215. The molecule has 0 radical (unpaired) electrons. The van der Waals surface area contributed by atoms with Gasteiger partial charge < -0.3 is 25.2 Å². The molecule has 5 N–H and O–H groups in total. The monoisotopic (exact) mass is 531 g/mol. The Morgan fingerprint density at radius 3 is 2.49 bits per heavy atom. The first-order chi connectivity index (χ1) is 18.9. The molecule has 0 spiro atoms. The van der Waals surface area contributed by atoms with E-state index in [0.717, 1.165) is 23.0 Å². The van der Waals surface area contributed by atoms with Crippen molar-refractivity contribution in [2.75, 3.05) is 41.9 Å². The molecule has 1 saturated heterocycles. The standard InChI is InChI=1S/C27H26FN7O4/c28-23-16-30-27(32-25(23)35-6-8-39-9-7-35)34-33-26(38)24-5-4-20(15-29-24)31-19-3-1-2-17(11-19)10-18-12-21(36)14-22(37)13-18/h1-5,11-16,31,36-37H,6-10H2,(H,33,38)(H,30,32,34). The molecule has 3 heterocycles. The van der Waals surface area contributed by atoms with Gasteiger partial charge in [-0.2, -0.15) is 4.98 Å². The number of hydrazine groups is 1. The fourth-order valence-electron chi connectivity index (χ4n) is 4.11. The summed E-state index contributed by atoms with van der Waals surface area (Å²) in [6.07, 6.45) is 3.10. The van der Waals surface area contributed by atoms with Crippen LogP contribution in [-0.4, -0.2) is 57.4 Å². The molecule has 11 nitrogen and oxygen atoms in total. The minimum atomic E-state index is -0.553. The number of phenols is 2. The van der Waals surface area contributed by atoms with Crippen LogP contribution in [0.2, 0.25) is 0 Å². The Morgan fingerprint density at radius 2 is 1.74 bits per heavy atom. The van der Waals surface area contributed by atoms with E-state index in [2.05, 4.69) is 31.1 Å². The highest BCUT2D eigenvalue weighted by Crippen LogP contribution is 2.24. The second-order valence-electron chi connectivity index (χ2n) is 8.84. The lowest BCUT2D eigenvalue weighted by molar-refractivity contribution is 0.0957. The molecule has 0 atom stereocenters. The number of hydrogen-bond donors (Lipinski definition) is 5.